The van der Waals surface area contributed by atoms with E-state index >= 15 is 0 Å². The van der Waals surface area contributed by atoms with Crippen molar-refractivity contribution in [1.82, 2.24) is 15.1 Å². The first-order valence-electron chi connectivity index (χ1n) is 7.70. The molecule has 4 rings (SSSR count). The van der Waals surface area contributed by atoms with Crippen molar-refractivity contribution >= 4 is 5.82 Å². The van der Waals surface area contributed by atoms with Crippen molar-refractivity contribution in [1.29, 1.82) is 5.26 Å². The highest BCUT2D eigenvalue weighted by molar-refractivity contribution is 5.57. The molecule has 1 saturated carbocycles. The van der Waals surface area contributed by atoms with Gasteiger partial charge < -0.3 is 9.42 Å². The number of aromatic nitrogens is 3. The van der Waals surface area contributed by atoms with Gasteiger partial charge in [0.15, 0.2) is 5.82 Å². The first-order chi connectivity index (χ1) is 10.8. The number of pyridine rings is 1. The van der Waals surface area contributed by atoms with E-state index in [1.807, 2.05) is 13.0 Å². The zero-order chi connectivity index (χ0) is 15.1. The zero-order valence-electron chi connectivity index (χ0n) is 12.5. The number of nitriles is 1. The molecule has 1 aliphatic heterocycles. The van der Waals surface area contributed by atoms with Crippen LogP contribution in [0.5, 0.6) is 0 Å². The molecule has 22 heavy (non-hydrogen) atoms. The zero-order valence-corrected chi connectivity index (χ0v) is 12.5. The summed E-state index contributed by atoms with van der Waals surface area (Å²) in [5.74, 6) is 3.11. The summed E-state index contributed by atoms with van der Waals surface area (Å²) in [6.45, 7) is 3.57. The molecule has 0 bridgehead atoms. The van der Waals surface area contributed by atoms with Crippen LogP contribution in [0.25, 0.3) is 0 Å². The molecule has 2 fully saturated rings. The van der Waals surface area contributed by atoms with Crippen LogP contribution < -0.4 is 4.90 Å². The molecule has 1 saturated heterocycles. The van der Waals surface area contributed by atoms with E-state index in [9.17, 15) is 5.26 Å². The van der Waals surface area contributed by atoms with Crippen LogP contribution in [-0.2, 0) is 0 Å². The Morgan fingerprint density at radius 3 is 2.95 bits per heavy atom. The Bertz CT molecular complexity index is 743. The molecule has 3 heterocycles. The second-order valence-corrected chi connectivity index (χ2v) is 6.13. The van der Waals surface area contributed by atoms with E-state index in [4.69, 9.17) is 4.52 Å². The van der Waals surface area contributed by atoms with Crippen molar-refractivity contribution in [3.63, 3.8) is 0 Å². The van der Waals surface area contributed by atoms with Crippen molar-refractivity contribution < 1.29 is 4.52 Å². The van der Waals surface area contributed by atoms with Crippen molar-refractivity contribution in [2.75, 3.05) is 18.0 Å². The first kappa shape index (κ1) is 13.3. The van der Waals surface area contributed by atoms with Crippen LogP contribution >= 0.6 is 0 Å². The number of anilines is 1. The molecule has 1 atom stereocenters. The lowest BCUT2D eigenvalue weighted by atomic mass is 10.1. The van der Waals surface area contributed by atoms with E-state index in [0.717, 1.165) is 42.6 Å². The standard InChI is InChI=1S/C16H17N5O/c1-10-4-6-18-15(13(10)8-17)21-7-5-12(9-21)16-19-14(20-22-16)11-2-3-11/h4,6,11-12H,2-3,5,7,9H2,1H3. The Labute approximate surface area is 128 Å². The minimum absolute atomic E-state index is 0.230. The summed E-state index contributed by atoms with van der Waals surface area (Å²) in [4.78, 5) is 11.1. The normalized spacial score (nSPS) is 21.1. The van der Waals surface area contributed by atoms with E-state index in [0.29, 0.717) is 11.5 Å². The van der Waals surface area contributed by atoms with Gasteiger partial charge in [-0.25, -0.2) is 4.98 Å². The molecular weight excluding hydrogens is 278 g/mol. The highest BCUT2D eigenvalue weighted by atomic mass is 16.5. The monoisotopic (exact) mass is 295 g/mol. The predicted molar refractivity (Wildman–Crippen MR) is 79.5 cm³/mol. The quantitative estimate of drug-likeness (QED) is 0.865. The second kappa shape index (κ2) is 5.09. The average molecular weight is 295 g/mol. The van der Waals surface area contributed by atoms with Gasteiger partial charge in [-0.1, -0.05) is 5.16 Å². The fourth-order valence-corrected chi connectivity index (χ4v) is 3.00. The number of nitrogens with zero attached hydrogens (tertiary/aromatic N) is 5. The average Bonchev–Trinajstić information content (AvgIpc) is 3.07. The molecule has 2 aliphatic rings. The lowest BCUT2D eigenvalue weighted by Gasteiger charge is -2.18. The number of hydrogen-bond donors (Lipinski definition) is 0. The summed E-state index contributed by atoms with van der Waals surface area (Å²) in [6, 6.07) is 4.14. The molecule has 1 unspecified atom stereocenters. The third-order valence-corrected chi connectivity index (χ3v) is 4.49. The fraction of sp³-hybridized carbons (Fsp3) is 0.500. The van der Waals surface area contributed by atoms with Crippen LogP contribution in [0.15, 0.2) is 16.8 Å². The van der Waals surface area contributed by atoms with Crippen LogP contribution in [0.3, 0.4) is 0 Å². The molecule has 0 spiro atoms. The van der Waals surface area contributed by atoms with E-state index < -0.39 is 0 Å². The maximum Gasteiger partial charge on any atom is 0.231 e. The number of hydrogen-bond acceptors (Lipinski definition) is 6. The molecule has 0 amide bonds. The van der Waals surface area contributed by atoms with Gasteiger partial charge in [0.05, 0.1) is 11.5 Å². The van der Waals surface area contributed by atoms with Gasteiger partial charge >= 0.3 is 0 Å². The molecule has 0 radical (unpaired) electrons. The van der Waals surface area contributed by atoms with Crippen LogP contribution in [0, 0.1) is 18.3 Å². The fourth-order valence-electron chi connectivity index (χ4n) is 3.00. The Kier molecular flexibility index (Phi) is 3.07. The molecule has 6 heteroatoms. The van der Waals surface area contributed by atoms with Gasteiger partial charge in [-0.15, -0.1) is 0 Å². The van der Waals surface area contributed by atoms with Gasteiger partial charge in [0.2, 0.25) is 5.89 Å². The van der Waals surface area contributed by atoms with Gasteiger partial charge in [0.1, 0.15) is 11.9 Å². The first-order valence-corrected chi connectivity index (χ1v) is 7.70. The van der Waals surface area contributed by atoms with Crippen LogP contribution in [0.1, 0.15) is 53.9 Å². The van der Waals surface area contributed by atoms with Crippen LogP contribution in [0.2, 0.25) is 0 Å². The summed E-state index contributed by atoms with van der Waals surface area (Å²) >= 11 is 0. The number of aryl methyl sites for hydroxylation is 1. The topological polar surface area (TPSA) is 78.8 Å². The SMILES string of the molecule is Cc1ccnc(N2CCC(c3nc(C4CC4)no3)C2)c1C#N. The minimum atomic E-state index is 0.230. The molecule has 112 valence electrons. The Balaban J connectivity index is 1.54. The predicted octanol–water partition coefficient (Wildman–Crippen LogP) is 2.52. The maximum atomic E-state index is 9.36. The molecular formula is C16H17N5O. The van der Waals surface area contributed by atoms with Crippen molar-refractivity contribution in [3.8, 4) is 6.07 Å². The third-order valence-electron chi connectivity index (χ3n) is 4.49. The van der Waals surface area contributed by atoms with Gasteiger partial charge in [0.25, 0.3) is 0 Å². The Hall–Kier alpha value is -2.42. The molecule has 6 nitrogen and oxygen atoms in total. The number of rotatable bonds is 3. The highest BCUT2D eigenvalue weighted by Crippen LogP contribution is 2.39. The second-order valence-electron chi connectivity index (χ2n) is 6.13. The van der Waals surface area contributed by atoms with Gasteiger partial charge in [-0.05, 0) is 37.8 Å². The molecule has 0 N–H and O–H groups in total. The summed E-state index contributed by atoms with van der Waals surface area (Å²) in [6.07, 6.45) is 5.06. The summed E-state index contributed by atoms with van der Waals surface area (Å²) in [5.41, 5.74) is 1.62. The van der Waals surface area contributed by atoms with E-state index in [1.54, 1.807) is 6.20 Å². The lowest BCUT2D eigenvalue weighted by molar-refractivity contribution is 0.355. The lowest BCUT2D eigenvalue weighted by Crippen LogP contribution is -2.22. The van der Waals surface area contributed by atoms with Crippen LogP contribution in [0.4, 0.5) is 5.82 Å². The molecule has 2 aromatic heterocycles. The van der Waals surface area contributed by atoms with Crippen molar-refractivity contribution in [2.24, 2.45) is 0 Å². The maximum absolute atomic E-state index is 9.36. The molecule has 0 aromatic carbocycles. The van der Waals surface area contributed by atoms with Gasteiger partial charge in [-0.2, -0.15) is 10.2 Å². The summed E-state index contributed by atoms with van der Waals surface area (Å²) < 4.78 is 5.44. The van der Waals surface area contributed by atoms with Gasteiger partial charge in [0, 0.05) is 25.2 Å². The van der Waals surface area contributed by atoms with E-state index in [-0.39, 0.29) is 5.92 Å². The van der Waals surface area contributed by atoms with E-state index in [1.165, 1.54) is 12.8 Å². The molecule has 2 aromatic rings. The largest absolute Gasteiger partial charge is 0.355 e. The Morgan fingerprint density at radius 2 is 2.18 bits per heavy atom. The smallest absolute Gasteiger partial charge is 0.231 e. The Morgan fingerprint density at radius 1 is 1.32 bits per heavy atom. The molecule has 1 aliphatic carbocycles. The third kappa shape index (κ3) is 2.23. The van der Waals surface area contributed by atoms with E-state index in [2.05, 4.69) is 26.1 Å². The minimum Gasteiger partial charge on any atom is -0.355 e. The highest BCUT2D eigenvalue weighted by Gasteiger charge is 2.33. The van der Waals surface area contributed by atoms with Crippen molar-refractivity contribution in [3.05, 3.63) is 35.1 Å². The summed E-state index contributed by atoms with van der Waals surface area (Å²) in [7, 11) is 0. The van der Waals surface area contributed by atoms with Crippen molar-refractivity contribution in [2.45, 2.75) is 38.0 Å². The summed E-state index contributed by atoms with van der Waals surface area (Å²) in [5, 5.41) is 13.5. The van der Waals surface area contributed by atoms with Crippen LogP contribution in [-0.4, -0.2) is 28.2 Å². The van der Waals surface area contributed by atoms with Gasteiger partial charge in [-0.3, -0.25) is 0 Å².